The van der Waals surface area contributed by atoms with E-state index in [1.807, 2.05) is 17.9 Å². The normalized spacial score (nSPS) is 15.2. The van der Waals surface area contributed by atoms with Gasteiger partial charge in [0.05, 0.1) is 0 Å². The van der Waals surface area contributed by atoms with E-state index in [4.69, 9.17) is 5.11 Å². The van der Waals surface area contributed by atoms with Crippen molar-refractivity contribution in [3.05, 3.63) is 29.7 Å². The standard InChI is InChI=1S/C6H5OS/c1-5(7)6-3-2-4-8-6/h2-4H,1H2/q+1/p+1. The maximum Gasteiger partial charge on any atom is 0.403 e. The third kappa shape index (κ3) is 0.898. The molecule has 0 spiro atoms. The van der Waals surface area contributed by atoms with Crippen LogP contribution < -0.4 is 0 Å². The van der Waals surface area contributed by atoms with Crippen molar-refractivity contribution < 1.29 is 5.11 Å². The molecular formula is C6H6OS+2. The summed E-state index contributed by atoms with van der Waals surface area (Å²) in [6.45, 7) is 3.36. The highest BCUT2D eigenvalue weighted by Crippen LogP contribution is 2.07. The Bertz CT molecular complexity index is 167. The summed E-state index contributed by atoms with van der Waals surface area (Å²) in [5.41, 5.74) is 0. The summed E-state index contributed by atoms with van der Waals surface area (Å²) in [4.78, 5) is 0.838. The molecule has 0 radical (unpaired) electrons. The van der Waals surface area contributed by atoms with Crippen molar-refractivity contribution in [2.45, 2.75) is 0 Å². The van der Waals surface area contributed by atoms with Crippen molar-refractivity contribution in [2.24, 2.45) is 0 Å². The van der Waals surface area contributed by atoms with Gasteiger partial charge in [-0.15, -0.1) is 0 Å². The first-order chi connectivity index (χ1) is 3.80. The monoisotopic (exact) mass is 126 g/mol. The Hall–Kier alpha value is -0.760. The molecule has 0 amide bonds. The second-order valence-corrected chi connectivity index (χ2v) is 2.37. The van der Waals surface area contributed by atoms with E-state index >= 15 is 0 Å². The van der Waals surface area contributed by atoms with E-state index in [2.05, 4.69) is 6.58 Å². The third-order valence-electron chi connectivity index (χ3n) is 0.806. The Balaban J connectivity index is 2.72. The van der Waals surface area contributed by atoms with Crippen LogP contribution in [-0.4, -0.2) is 10.5 Å². The van der Waals surface area contributed by atoms with Crippen LogP contribution in [0, 0.1) is 6.42 Å². The van der Waals surface area contributed by atoms with Gasteiger partial charge in [-0.2, -0.15) is 0 Å². The van der Waals surface area contributed by atoms with Gasteiger partial charge < -0.3 is 5.11 Å². The van der Waals surface area contributed by atoms with Crippen molar-refractivity contribution in [2.75, 3.05) is 0 Å². The molecule has 8 heavy (non-hydrogen) atoms. The lowest BCUT2D eigenvalue weighted by molar-refractivity contribution is 0.433. The van der Waals surface area contributed by atoms with E-state index in [9.17, 15) is 0 Å². The summed E-state index contributed by atoms with van der Waals surface area (Å²) >= 11 is 1.48. The van der Waals surface area contributed by atoms with Crippen LogP contribution in [0.4, 0.5) is 0 Å². The summed E-state index contributed by atoms with van der Waals surface area (Å²) in [6.07, 6.45) is 3.70. The zero-order chi connectivity index (χ0) is 5.98. The fraction of sp³-hybridized carbons (Fsp3) is 0. The van der Waals surface area contributed by atoms with E-state index in [1.54, 1.807) is 0 Å². The lowest BCUT2D eigenvalue weighted by Gasteiger charge is -1.69. The average Bonchev–Trinajstić information content (AvgIpc) is 2.12. The van der Waals surface area contributed by atoms with Crippen molar-refractivity contribution >= 4 is 16.7 Å². The quantitative estimate of drug-likeness (QED) is 0.241. The predicted molar refractivity (Wildman–Crippen MR) is 37.6 cm³/mol. The molecule has 0 aliphatic carbocycles. The molecule has 1 rings (SSSR count). The van der Waals surface area contributed by atoms with Crippen molar-refractivity contribution in [1.29, 1.82) is 0 Å². The topological polar surface area (TPSA) is 20.2 Å². The smallest absolute Gasteiger partial charge is 0.403 e. The van der Waals surface area contributed by atoms with Gasteiger partial charge in [0.15, 0.2) is 6.08 Å². The van der Waals surface area contributed by atoms with Crippen LogP contribution in [0.1, 0.15) is 0 Å². The largest absolute Gasteiger partial charge is 0.488 e. The number of rotatable bonds is 1. The van der Waals surface area contributed by atoms with Crippen LogP contribution in [0.25, 0.3) is 0 Å². The Kier molecular flexibility index (Phi) is 1.35. The van der Waals surface area contributed by atoms with Gasteiger partial charge in [0, 0.05) is 0 Å². The first kappa shape index (κ1) is 5.38. The maximum absolute atomic E-state index is 8.73. The summed E-state index contributed by atoms with van der Waals surface area (Å²) in [6, 6.07) is 0. The van der Waals surface area contributed by atoms with Gasteiger partial charge in [-0.05, 0) is 6.58 Å². The molecule has 0 aromatic carbocycles. The van der Waals surface area contributed by atoms with Crippen molar-refractivity contribution in [1.82, 2.24) is 0 Å². The molecule has 0 saturated carbocycles. The van der Waals surface area contributed by atoms with Crippen LogP contribution in [0.5, 0.6) is 0 Å². The molecule has 0 unspecified atom stereocenters. The molecule has 0 saturated heterocycles. The van der Waals surface area contributed by atoms with E-state index in [1.165, 1.54) is 11.4 Å². The van der Waals surface area contributed by atoms with E-state index in [0.29, 0.717) is 0 Å². The van der Waals surface area contributed by atoms with Crippen LogP contribution in [0.3, 0.4) is 0 Å². The molecule has 40 valence electrons. The summed E-state index contributed by atoms with van der Waals surface area (Å²) < 4.78 is 0. The van der Waals surface area contributed by atoms with E-state index in [-0.39, 0.29) is 5.76 Å². The Labute approximate surface area is 52.3 Å². The van der Waals surface area contributed by atoms with Gasteiger partial charge in [-0.3, -0.25) is 0 Å². The molecule has 1 aliphatic heterocycles. The second kappa shape index (κ2) is 2.01. The minimum atomic E-state index is 0.153. The van der Waals surface area contributed by atoms with Crippen molar-refractivity contribution in [3.63, 3.8) is 0 Å². The molecule has 1 N–H and O–H groups in total. The van der Waals surface area contributed by atoms with Gasteiger partial charge in [-0.1, -0.05) is 0 Å². The zero-order valence-electron chi connectivity index (χ0n) is 4.29. The van der Waals surface area contributed by atoms with E-state index < -0.39 is 0 Å². The lowest BCUT2D eigenvalue weighted by atomic mass is 10.4. The number of allylic oxidation sites excluding steroid dienone is 1. The minimum absolute atomic E-state index is 0.153. The Morgan fingerprint density at radius 1 is 1.88 bits per heavy atom. The minimum Gasteiger partial charge on any atom is -0.488 e. The maximum atomic E-state index is 8.73. The molecule has 0 atom stereocenters. The summed E-state index contributed by atoms with van der Waals surface area (Å²) in [5.74, 6) is 0.153. The fourth-order valence-corrected chi connectivity index (χ4v) is 1.04. The number of hydrogen-bond donors (Lipinski definition) is 1. The van der Waals surface area contributed by atoms with Gasteiger partial charge in [0.25, 0.3) is 11.1 Å². The number of aliphatic hydroxyl groups excluding tert-OH is 1. The number of aliphatic hydroxyl groups is 1. The molecule has 0 bridgehead atoms. The highest BCUT2D eigenvalue weighted by atomic mass is 32.1. The fourth-order valence-electron chi connectivity index (χ4n) is 0.443. The first-order valence-corrected chi connectivity index (χ1v) is 3.10. The van der Waals surface area contributed by atoms with Gasteiger partial charge in [0.2, 0.25) is 0 Å². The molecule has 1 heterocycles. The van der Waals surface area contributed by atoms with E-state index in [0.717, 1.165) is 4.91 Å². The highest BCUT2D eigenvalue weighted by Gasteiger charge is 2.26. The molecule has 1 nitrogen and oxygen atoms in total. The molecular weight excluding hydrogens is 120 g/mol. The first-order valence-electron chi connectivity index (χ1n) is 2.22. The van der Waals surface area contributed by atoms with Crippen LogP contribution in [-0.2, 0) is 11.4 Å². The van der Waals surface area contributed by atoms with Crippen LogP contribution in [0.2, 0.25) is 0 Å². The van der Waals surface area contributed by atoms with Gasteiger partial charge in [-0.25, -0.2) is 0 Å². The predicted octanol–water partition coefficient (Wildman–Crippen LogP) is 1.04. The second-order valence-electron chi connectivity index (χ2n) is 1.42. The molecule has 0 aromatic heterocycles. The molecule has 0 aromatic rings. The van der Waals surface area contributed by atoms with Gasteiger partial charge >= 0.3 is 16.3 Å². The lowest BCUT2D eigenvalue weighted by Crippen LogP contribution is -1.78. The van der Waals surface area contributed by atoms with Crippen LogP contribution in [0.15, 0.2) is 23.3 Å². The van der Waals surface area contributed by atoms with Gasteiger partial charge in [0.1, 0.15) is 6.42 Å². The van der Waals surface area contributed by atoms with Crippen molar-refractivity contribution in [3.8, 4) is 0 Å². The summed E-state index contributed by atoms with van der Waals surface area (Å²) in [7, 11) is 0. The molecule has 2 heteroatoms. The third-order valence-corrected chi connectivity index (χ3v) is 1.72. The average molecular weight is 126 g/mol. The highest BCUT2D eigenvalue weighted by molar-refractivity contribution is 7.82. The SMILES string of the molecule is C=C(O)C1=C[CH+]C=[S+]1. The summed E-state index contributed by atoms with van der Waals surface area (Å²) in [5, 5.41) is 10.6. The zero-order valence-corrected chi connectivity index (χ0v) is 5.11. The molecule has 1 aliphatic rings. The number of hydrogen-bond acceptors (Lipinski definition) is 1. The van der Waals surface area contributed by atoms with Crippen LogP contribution >= 0.6 is 0 Å². The molecule has 0 fully saturated rings. The Morgan fingerprint density at radius 3 is 2.88 bits per heavy atom. The Morgan fingerprint density at radius 2 is 2.62 bits per heavy atom.